The maximum absolute atomic E-state index is 11.9. The Balaban J connectivity index is 3.62. The molecule has 0 aliphatic rings. The van der Waals surface area contributed by atoms with Gasteiger partial charge in [-0.2, -0.15) is 0 Å². The SMILES string of the molecule is CCCCCCCN(CC)C(=O)CCCCC. The summed E-state index contributed by atoms with van der Waals surface area (Å²) in [6.45, 7) is 8.33. The number of carbonyl (C=O) groups excluding carboxylic acids is 1. The second kappa shape index (κ2) is 11.9. The van der Waals surface area contributed by atoms with Crippen molar-refractivity contribution in [3.05, 3.63) is 0 Å². The van der Waals surface area contributed by atoms with Crippen LogP contribution in [0.15, 0.2) is 0 Å². The molecule has 0 bridgehead atoms. The van der Waals surface area contributed by atoms with Crippen LogP contribution in [0.3, 0.4) is 0 Å². The molecule has 0 N–H and O–H groups in total. The van der Waals surface area contributed by atoms with E-state index in [1.54, 1.807) is 0 Å². The average molecular weight is 241 g/mol. The molecule has 2 nitrogen and oxygen atoms in total. The van der Waals surface area contributed by atoms with Crippen LogP contribution in [0.4, 0.5) is 0 Å². The third-order valence-electron chi connectivity index (χ3n) is 3.26. The van der Waals surface area contributed by atoms with Crippen molar-refractivity contribution < 1.29 is 4.79 Å². The molecule has 0 unspecified atom stereocenters. The Hall–Kier alpha value is -0.530. The predicted octanol–water partition coefficient (Wildman–Crippen LogP) is 4.39. The van der Waals surface area contributed by atoms with Crippen LogP contribution in [-0.4, -0.2) is 23.9 Å². The van der Waals surface area contributed by atoms with E-state index < -0.39 is 0 Å². The minimum atomic E-state index is 0.358. The summed E-state index contributed by atoms with van der Waals surface area (Å²) in [4.78, 5) is 13.9. The number of unbranched alkanes of at least 4 members (excludes halogenated alkanes) is 6. The highest BCUT2D eigenvalue weighted by molar-refractivity contribution is 5.76. The van der Waals surface area contributed by atoms with Gasteiger partial charge in [0.05, 0.1) is 0 Å². The number of amides is 1. The smallest absolute Gasteiger partial charge is 0.222 e. The van der Waals surface area contributed by atoms with Crippen LogP contribution in [0.5, 0.6) is 0 Å². The highest BCUT2D eigenvalue weighted by Gasteiger charge is 2.09. The average Bonchev–Trinajstić information content (AvgIpc) is 2.34. The van der Waals surface area contributed by atoms with Gasteiger partial charge in [-0.3, -0.25) is 4.79 Å². The monoisotopic (exact) mass is 241 g/mol. The van der Waals surface area contributed by atoms with Crippen molar-refractivity contribution in [1.82, 2.24) is 4.90 Å². The van der Waals surface area contributed by atoms with Crippen LogP contribution in [0, 0.1) is 0 Å². The first kappa shape index (κ1) is 16.5. The number of carbonyl (C=O) groups is 1. The molecule has 2 heteroatoms. The molecule has 17 heavy (non-hydrogen) atoms. The normalized spacial score (nSPS) is 10.5. The standard InChI is InChI=1S/C15H31NO/c1-4-7-9-10-12-14-16(6-3)15(17)13-11-8-5-2/h4-14H2,1-3H3. The number of hydrogen-bond donors (Lipinski definition) is 0. The van der Waals surface area contributed by atoms with Crippen molar-refractivity contribution in [3.8, 4) is 0 Å². The van der Waals surface area contributed by atoms with Gasteiger partial charge >= 0.3 is 0 Å². The third kappa shape index (κ3) is 9.20. The first-order chi connectivity index (χ1) is 8.26. The van der Waals surface area contributed by atoms with Crippen LogP contribution >= 0.6 is 0 Å². The summed E-state index contributed by atoms with van der Waals surface area (Å²) in [5.74, 6) is 0.358. The number of hydrogen-bond acceptors (Lipinski definition) is 1. The van der Waals surface area contributed by atoms with Crippen LogP contribution in [0.25, 0.3) is 0 Å². The fourth-order valence-electron chi connectivity index (χ4n) is 2.05. The van der Waals surface area contributed by atoms with E-state index in [0.29, 0.717) is 5.91 Å². The van der Waals surface area contributed by atoms with E-state index in [1.807, 2.05) is 4.90 Å². The van der Waals surface area contributed by atoms with Gasteiger partial charge in [-0.25, -0.2) is 0 Å². The van der Waals surface area contributed by atoms with E-state index in [4.69, 9.17) is 0 Å². The lowest BCUT2D eigenvalue weighted by atomic mass is 10.1. The minimum absolute atomic E-state index is 0.358. The first-order valence-electron chi connectivity index (χ1n) is 7.54. The molecule has 0 aliphatic carbocycles. The van der Waals surface area contributed by atoms with Crippen LogP contribution < -0.4 is 0 Å². The summed E-state index contributed by atoms with van der Waals surface area (Å²) in [6.07, 6.45) is 10.6. The van der Waals surface area contributed by atoms with Gasteiger partial charge in [0.1, 0.15) is 0 Å². The molecular weight excluding hydrogens is 210 g/mol. The molecule has 0 radical (unpaired) electrons. The zero-order valence-electron chi connectivity index (χ0n) is 12.1. The van der Waals surface area contributed by atoms with Crippen molar-refractivity contribution in [2.24, 2.45) is 0 Å². The molecule has 0 saturated carbocycles. The molecule has 0 heterocycles. The minimum Gasteiger partial charge on any atom is -0.343 e. The van der Waals surface area contributed by atoms with Crippen molar-refractivity contribution in [2.75, 3.05) is 13.1 Å². The molecule has 0 rings (SSSR count). The van der Waals surface area contributed by atoms with Crippen molar-refractivity contribution in [3.63, 3.8) is 0 Å². The summed E-state index contributed by atoms with van der Waals surface area (Å²) in [7, 11) is 0. The molecule has 0 saturated heterocycles. The molecule has 0 aromatic carbocycles. The quantitative estimate of drug-likeness (QED) is 0.491. The van der Waals surface area contributed by atoms with E-state index in [2.05, 4.69) is 20.8 Å². The summed E-state index contributed by atoms with van der Waals surface area (Å²) < 4.78 is 0. The Morgan fingerprint density at radius 3 is 2.00 bits per heavy atom. The Bertz CT molecular complexity index is 180. The molecule has 0 aromatic heterocycles. The summed E-state index contributed by atoms with van der Waals surface area (Å²) >= 11 is 0. The van der Waals surface area contributed by atoms with Gasteiger partial charge in [0.15, 0.2) is 0 Å². The van der Waals surface area contributed by atoms with Gasteiger partial charge in [0, 0.05) is 19.5 Å². The maximum Gasteiger partial charge on any atom is 0.222 e. The van der Waals surface area contributed by atoms with Crippen LogP contribution in [-0.2, 0) is 4.79 Å². The molecule has 0 spiro atoms. The Kier molecular flexibility index (Phi) is 11.6. The Morgan fingerprint density at radius 2 is 1.41 bits per heavy atom. The molecule has 0 aromatic rings. The lowest BCUT2D eigenvalue weighted by Gasteiger charge is -2.20. The van der Waals surface area contributed by atoms with E-state index in [9.17, 15) is 4.79 Å². The lowest BCUT2D eigenvalue weighted by Crippen LogP contribution is -2.31. The zero-order chi connectivity index (χ0) is 12.9. The number of rotatable bonds is 11. The van der Waals surface area contributed by atoms with E-state index in [1.165, 1.54) is 44.9 Å². The Morgan fingerprint density at radius 1 is 0.824 bits per heavy atom. The van der Waals surface area contributed by atoms with E-state index in [0.717, 1.165) is 25.9 Å². The molecule has 0 aliphatic heterocycles. The van der Waals surface area contributed by atoms with Crippen LogP contribution in [0.1, 0.15) is 78.6 Å². The van der Waals surface area contributed by atoms with Crippen LogP contribution in [0.2, 0.25) is 0 Å². The fraction of sp³-hybridized carbons (Fsp3) is 0.933. The largest absolute Gasteiger partial charge is 0.343 e. The van der Waals surface area contributed by atoms with E-state index >= 15 is 0 Å². The van der Waals surface area contributed by atoms with E-state index in [-0.39, 0.29) is 0 Å². The highest BCUT2D eigenvalue weighted by atomic mass is 16.2. The summed E-state index contributed by atoms with van der Waals surface area (Å²) in [5.41, 5.74) is 0. The Labute approximate surface area is 108 Å². The second-order valence-corrected chi connectivity index (χ2v) is 4.84. The van der Waals surface area contributed by atoms with Crippen molar-refractivity contribution >= 4 is 5.91 Å². The fourth-order valence-corrected chi connectivity index (χ4v) is 2.05. The molecule has 102 valence electrons. The predicted molar refractivity (Wildman–Crippen MR) is 75.2 cm³/mol. The van der Waals surface area contributed by atoms with Gasteiger partial charge in [-0.05, 0) is 19.8 Å². The highest BCUT2D eigenvalue weighted by Crippen LogP contribution is 2.07. The molecular formula is C15H31NO. The van der Waals surface area contributed by atoms with Gasteiger partial charge in [0.2, 0.25) is 5.91 Å². The number of nitrogens with zero attached hydrogens (tertiary/aromatic N) is 1. The molecule has 1 amide bonds. The molecule has 0 atom stereocenters. The van der Waals surface area contributed by atoms with Crippen molar-refractivity contribution in [2.45, 2.75) is 78.6 Å². The second-order valence-electron chi connectivity index (χ2n) is 4.84. The van der Waals surface area contributed by atoms with Gasteiger partial charge < -0.3 is 4.90 Å². The van der Waals surface area contributed by atoms with Gasteiger partial charge in [-0.1, -0.05) is 52.4 Å². The van der Waals surface area contributed by atoms with Gasteiger partial charge in [0.25, 0.3) is 0 Å². The summed E-state index contributed by atoms with van der Waals surface area (Å²) in [6, 6.07) is 0. The van der Waals surface area contributed by atoms with Gasteiger partial charge in [-0.15, -0.1) is 0 Å². The zero-order valence-corrected chi connectivity index (χ0v) is 12.1. The summed E-state index contributed by atoms with van der Waals surface area (Å²) in [5, 5.41) is 0. The first-order valence-corrected chi connectivity index (χ1v) is 7.54. The lowest BCUT2D eigenvalue weighted by molar-refractivity contribution is -0.131. The maximum atomic E-state index is 11.9. The van der Waals surface area contributed by atoms with Crippen molar-refractivity contribution in [1.29, 1.82) is 0 Å². The topological polar surface area (TPSA) is 20.3 Å². The molecule has 0 fully saturated rings. The third-order valence-corrected chi connectivity index (χ3v) is 3.26.